The van der Waals surface area contributed by atoms with Crippen molar-refractivity contribution in [1.82, 2.24) is 0 Å². The molecule has 0 spiro atoms. The number of benzene rings is 2. The molecule has 0 atom stereocenters. The fraction of sp³-hybridized carbons (Fsp3) is 0.286. The Morgan fingerprint density at radius 3 is 2.28 bits per heavy atom. The van der Waals surface area contributed by atoms with Crippen LogP contribution < -0.4 is 5.19 Å². The van der Waals surface area contributed by atoms with Crippen molar-refractivity contribution in [3.8, 4) is 11.5 Å². The van der Waals surface area contributed by atoms with Crippen LogP contribution in [0.3, 0.4) is 0 Å². The molecule has 18 heavy (non-hydrogen) atoms. The monoisotopic (exact) mass is 260 g/mol. The molecule has 0 saturated heterocycles. The second-order valence-electron chi connectivity index (χ2n) is 5.42. The van der Waals surface area contributed by atoms with E-state index in [1.807, 2.05) is 18.2 Å². The van der Waals surface area contributed by atoms with Crippen LogP contribution in [0.4, 0.5) is 0 Å². The minimum atomic E-state index is -0.623. The number of hydrogen-bond donors (Lipinski definition) is 3. The third kappa shape index (κ3) is 2.09. The van der Waals surface area contributed by atoms with Crippen LogP contribution in [-0.4, -0.2) is 24.8 Å². The van der Waals surface area contributed by atoms with E-state index in [9.17, 15) is 10.2 Å². The molecule has 4 heteroatoms. The maximum absolute atomic E-state index is 10.0. The van der Waals surface area contributed by atoms with Gasteiger partial charge in [0, 0.05) is 5.39 Å². The molecular weight excluding hydrogens is 244 g/mol. The van der Waals surface area contributed by atoms with E-state index < -0.39 is 9.76 Å². The zero-order valence-electron chi connectivity index (χ0n) is 10.7. The minimum absolute atomic E-state index is 0.0107. The van der Waals surface area contributed by atoms with Gasteiger partial charge >= 0.3 is 0 Å². The Balaban J connectivity index is 2.74. The van der Waals surface area contributed by atoms with Crippen LogP contribution >= 0.6 is 0 Å². The zero-order valence-corrected chi connectivity index (χ0v) is 11.7. The Labute approximate surface area is 109 Å². The number of phenolic OH excluding ortho intramolecular Hbond substituents is 2. The first-order chi connectivity index (χ1) is 8.34. The van der Waals surface area contributed by atoms with Gasteiger partial charge in [0.05, 0.1) is 5.19 Å². The number of fused-ring (bicyclic) bond motifs is 1. The Morgan fingerprint density at radius 2 is 1.72 bits per heavy atom. The number of rotatable bonds is 1. The summed E-state index contributed by atoms with van der Waals surface area (Å²) in [5.74, 6) is -0.0989. The van der Waals surface area contributed by atoms with Crippen LogP contribution in [0.5, 0.6) is 11.5 Å². The van der Waals surface area contributed by atoms with Crippen molar-refractivity contribution in [2.45, 2.75) is 26.2 Å². The summed E-state index contributed by atoms with van der Waals surface area (Å²) < 4.78 is 0. The quantitative estimate of drug-likeness (QED) is 0.685. The van der Waals surface area contributed by atoms with E-state index in [1.165, 1.54) is 0 Å². The van der Waals surface area contributed by atoms with Gasteiger partial charge in [-0.2, -0.15) is 0 Å². The van der Waals surface area contributed by atoms with Crippen LogP contribution in [0.15, 0.2) is 24.3 Å². The Kier molecular flexibility index (Phi) is 3.08. The standard InChI is InChI=1S/C14H16O3Si/c1-14(2,3)9-4-5-10-8(6-9)7-11(15)13(18-17)12(10)16/h4-7,15-17H,1-3H3. The minimum Gasteiger partial charge on any atom is -0.508 e. The van der Waals surface area contributed by atoms with Gasteiger partial charge in [-0.25, -0.2) is 0 Å². The topological polar surface area (TPSA) is 60.7 Å². The lowest BCUT2D eigenvalue weighted by molar-refractivity contribution is 0.460. The molecule has 0 aliphatic rings. The number of hydrogen-bond acceptors (Lipinski definition) is 3. The van der Waals surface area contributed by atoms with Gasteiger partial charge in [0.25, 0.3) is 9.76 Å². The Bertz CT molecular complexity index is 600. The van der Waals surface area contributed by atoms with E-state index in [2.05, 4.69) is 20.8 Å². The molecular formula is C14H16O3Si. The van der Waals surface area contributed by atoms with Crippen molar-refractivity contribution >= 4 is 25.7 Å². The largest absolute Gasteiger partial charge is 0.508 e. The summed E-state index contributed by atoms with van der Waals surface area (Å²) in [6.07, 6.45) is 0. The van der Waals surface area contributed by atoms with Gasteiger partial charge in [-0.3, -0.25) is 0 Å². The van der Waals surface area contributed by atoms with Gasteiger partial charge in [0.2, 0.25) is 0 Å². The molecule has 2 radical (unpaired) electrons. The van der Waals surface area contributed by atoms with Gasteiger partial charge < -0.3 is 15.0 Å². The lowest BCUT2D eigenvalue weighted by atomic mass is 9.86. The molecule has 2 rings (SSSR count). The highest BCUT2D eigenvalue weighted by Gasteiger charge is 2.17. The maximum atomic E-state index is 10.0. The summed E-state index contributed by atoms with van der Waals surface area (Å²) in [7, 11) is -0.623. The molecule has 0 heterocycles. The number of phenols is 2. The summed E-state index contributed by atoms with van der Waals surface area (Å²) in [6, 6.07) is 7.33. The second kappa shape index (κ2) is 4.30. The molecule has 0 saturated carbocycles. The van der Waals surface area contributed by atoms with Crippen LogP contribution in [0.2, 0.25) is 0 Å². The van der Waals surface area contributed by atoms with Gasteiger partial charge in [-0.15, -0.1) is 0 Å². The van der Waals surface area contributed by atoms with Crippen molar-refractivity contribution in [2.75, 3.05) is 0 Å². The Hall–Kier alpha value is -1.52. The predicted molar refractivity (Wildman–Crippen MR) is 73.6 cm³/mol. The fourth-order valence-corrected chi connectivity index (χ4v) is 2.38. The first kappa shape index (κ1) is 12.9. The van der Waals surface area contributed by atoms with E-state index in [4.69, 9.17) is 4.80 Å². The maximum Gasteiger partial charge on any atom is 0.273 e. The normalized spacial score (nSPS) is 12.0. The molecule has 0 amide bonds. The lowest BCUT2D eigenvalue weighted by Crippen LogP contribution is -2.15. The fourth-order valence-electron chi connectivity index (χ4n) is 1.95. The van der Waals surface area contributed by atoms with Gasteiger partial charge in [-0.1, -0.05) is 39.0 Å². The predicted octanol–water partition coefficient (Wildman–Crippen LogP) is 1.79. The molecule has 2 aromatic rings. The highest BCUT2D eigenvalue weighted by atomic mass is 28.2. The van der Waals surface area contributed by atoms with Crippen molar-refractivity contribution < 1.29 is 15.0 Å². The first-order valence-electron chi connectivity index (χ1n) is 5.74. The summed E-state index contributed by atoms with van der Waals surface area (Å²) in [5, 5.41) is 21.4. The van der Waals surface area contributed by atoms with E-state index in [0.29, 0.717) is 5.39 Å². The van der Waals surface area contributed by atoms with Crippen molar-refractivity contribution in [1.29, 1.82) is 0 Å². The smallest absolute Gasteiger partial charge is 0.273 e. The second-order valence-corrected chi connectivity index (χ2v) is 6.14. The first-order valence-corrected chi connectivity index (χ1v) is 6.68. The van der Waals surface area contributed by atoms with Crippen LogP contribution in [0.25, 0.3) is 10.8 Å². The molecule has 94 valence electrons. The molecule has 3 N–H and O–H groups in total. The molecule has 0 bridgehead atoms. The Morgan fingerprint density at radius 1 is 1.06 bits per heavy atom. The summed E-state index contributed by atoms with van der Waals surface area (Å²) in [4.78, 5) is 9.15. The summed E-state index contributed by atoms with van der Waals surface area (Å²) in [6.45, 7) is 6.33. The SMILES string of the molecule is CC(C)(C)c1ccc2c(O)c([Si]O)c(O)cc2c1. The molecule has 0 aromatic heterocycles. The van der Waals surface area contributed by atoms with E-state index in [0.717, 1.165) is 10.9 Å². The van der Waals surface area contributed by atoms with Gasteiger partial charge in [0.1, 0.15) is 11.5 Å². The molecule has 0 unspecified atom stereocenters. The third-order valence-corrected chi connectivity index (χ3v) is 3.79. The van der Waals surface area contributed by atoms with E-state index in [-0.39, 0.29) is 22.1 Å². The van der Waals surface area contributed by atoms with Crippen LogP contribution in [0.1, 0.15) is 26.3 Å². The number of aromatic hydroxyl groups is 2. The summed E-state index contributed by atoms with van der Waals surface area (Å²) in [5.41, 5.74) is 1.14. The zero-order chi connectivity index (χ0) is 13.5. The van der Waals surface area contributed by atoms with Crippen molar-refractivity contribution in [3.05, 3.63) is 29.8 Å². The molecule has 0 aliphatic carbocycles. The van der Waals surface area contributed by atoms with Crippen LogP contribution in [-0.2, 0) is 5.41 Å². The molecule has 0 fully saturated rings. The highest BCUT2D eigenvalue weighted by molar-refractivity contribution is 6.49. The lowest BCUT2D eigenvalue weighted by Gasteiger charge is -2.20. The molecule has 3 nitrogen and oxygen atoms in total. The third-order valence-electron chi connectivity index (χ3n) is 3.07. The van der Waals surface area contributed by atoms with Crippen molar-refractivity contribution in [3.63, 3.8) is 0 Å². The van der Waals surface area contributed by atoms with Crippen LogP contribution in [0, 0.1) is 0 Å². The van der Waals surface area contributed by atoms with E-state index in [1.54, 1.807) is 6.07 Å². The summed E-state index contributed by atoms with van der Waals surface area (Å²) >= 11 is 0. The molecule has 2 aromatic carbocycles. The van der Waals surface area contributed by atoms with Crippen molar-refractivity contribution in [2.24, 2.45) is 0 Å². The average molecular weight is 260 g/mol. The average Bonchev–Trinajstić information content (AvgIpc) is 2.27. The van der Waals surface area contributed by atoms with Gasteiger partial charge in [-0.05, 0) is 22.4 Å². The highest BCUT2D eigenvalue weighted by Crippen LogP contribution is 2.31. The molecule has 0 aliphatic heterocycles. The van der Waals surface area contributed by atoms with Gasteiger partial charge in [0.15, 0.2) is 0 Å². The van der Waals surface area contributed by atoms with E-state index >= 15 is 0 Å².